The van der Waals surface area contributed by atoms with E-state index in [0.717, 1.165) is 63.5 Å². The van der Waals surface area contributed by atoms with Crippen LogP contribution in [0.1, 0.15) is 35.3 Å². The zero-order valence-electron chi connectivity index (χ0n) is 21.1. The molecule has 1 aliphatic rings. The highest BCUT2D eigenvalue weighted by Crippen LogP contribution is 2.31. The van der Waals surface area contributed by atoms with Crippen LogP contribution in [0.15, 0.2) is 73.3 Å². The molecule has 5 aromatic rings. The summed E-state index contributed by atoms with van der Waals surface area (Å²) in [5.41, 5.74) is 7.39. The number of aromatic nitrogens is 5. The van der Waals surface area contributed by atoms with Crippen LogP contribution in [0.5, 0.6) is 0 Å². The molecule has 0 radical (unpaired) electrons. The van der Waals surface area contributed by atoms with E-state index in [1.807, 2.05) is 43.3 Å². The van der Waals surface area contributed by atoms with Crippen molar-refractivity contribution >= 4 is 16.9 Å². The first-order chi connectivity index (χ1) is 18.6. The summed E-state index contributed by atoms with van der Waals surface area (Å²) < 4.78 is 5.50. The molecule has 0 saturated carbocycles. The van der Waals surface area contributed by atoms with Gasteiger partial charge in [-0.25, -0.2) is 9.78 Å². The van der Waals surface area contributed by atoms with Gasteiger partial charge < -0.3 is 15.0 Å². The van der Waals surface area contributed by atoms with Gasteiger partial charge in [0, 0.05) is 40.6 Å². The van der Waals surface area contributed by atoms with Crippen molar-refractivity contribution in [2.45, 2.75) is 32.2 Å². The van der Waals surface area contributed by atoms with Crippen LogP contribution in [-0.2, 0) is 4.74 Å². The van der Waals surface area contributed by atoms with E-state index in [1.165, 1.54) is 12.8 Å². The predicted octanol–water partition coefficient (Wildman–Crippen LogP) is 5.36. The van der Waals surface area contributed by atoms with Gasteiger partial charge in [0.25, 0.3) is 0 Å². The van der Waals surface area contributed by atoms with Crippen molar-refractivity contribution < 1.29 is 9.53 Å². The van der Waals surface area contributed by atoms with Crippen LogP contribution in [0, 0.1) is 6.92 Å². The number of carbonyl (C=O) groups is 1. The molecule has 0 unspecified atom stereocenters. The Morgan fingerprint density at radius 2 is 1.89 bits per heavy atom. The Morgan fingerprint density at radius 1 is 0.974 bits per heavy atom. The van der Waals surface area contributed by atoms with Crippen molar-refractivity contribution in [3.63, 3.8) is 0 Å². The summed E-state index contributed by atoms with van der Waals surface area (Å²) in [4.78, 5) is 34.1. The zero-order valence-corrected chi connectivity index (χ0v) is 21.1. The molecule has 0 aliphatic carbocycles. The first kappa shape index (κ1) is 23.9. The van der Waals surface area contributed by atoms with Crippen LogP contribution in [0.2, 0.25) is 0 Å². The number of nitrogens with zero attached hydrogens (tertiary/aromatic N) is 4. The van der Waals surface area contributed by atoms with Crippen molar-refractivity contribution in [3.8, 4) is 33.9 Å². The zero-order chi connectivity index (χ0) is 25.9. The highest BCUT2D eigenvalue weighted by Gasteiger charge is 2.17. The Hall–Kier alpha value is -4.43. The number of rotatable bonds is 6. The monoisotopic (exact) mass is 504 g/mol. The number of pyridine rings is 3. The third kappa shape index (κ3) is 5.03. The molecule has 1 aromatic carbocycles. The maximum atomic E-state index is 12.5. The van der Waals surface area contributed by atoms with Gasteiger partial charge in [0.05, 0.1) is 40.2 Å². The minimum Gasteiger partial charge on any atom is -0.460 e. The summed E-state index contributed by atoms with van der Waals surface area (Å²) in [6.07, 6.45) is 8.43. The van der Waals surface area contributed by atoms with Gasteiger partial charge in [0.2, 0.25) is 0 Å². The number of fused-ring (bicyclic) bond motifs is 1. The van der Waals surface area contributed by atoms with Crippen LogP contribution in [0.3, 0.4) is 0 Å². The fourth-order valence-electron chi connectivity index (χ4n) is 4.82. The van der Waals surface area contributed by atoms with Crippen LogP contribution >= 0.6 is 0 Å². The lowest BCUT2D eigenvalue weighted by atomic mass is 10.0. The van der Waals surface area contributed by atoms with E-state index in [0.29, 0.717) is 12.2 Å². The number of nitrogens with one attached hydrogen (secondary N) is 2. The van der Waals surface area contributed by atoms with E-state index in [4.69, 9.17) is 4.74 Å². The molecular formula is C30H28N6O2. The molecule has 1 atom stereocenters. The number of H-pyrrole nitrogens is 1. The van der Waals surface area contributed by atoms with E-state index < -0.39 is 0 Å². The number of aromatic amines is 1. The molecule has 1 aliphatic heterocycles. The number of hydrogen-bond donors (Lipinski definition) is 2. The van der Waals surface area contributed by atoms with E-state index >= 15 is 0 Å². The average molecular weight is 505 g/mol. The number of imidazole rings is 1. The number of hydrogen-bond acceptors (Lipinski definition) is 7. The Balaban J connectivity index is 1.23. The maximum absolute atomic E-state index is 12.5. The van der Waals surface area contributed by atoms with E-state index in [2.05, 4.69) is 42.4 Å². The lowest BCUT2D eigenvalue weighted by Crippen LogP contribution is -2.38. The summed E-state index contributed by atoms with van der Waals surface area (Å²) in [6.45, 7) is 3.34. The van der Waals surface area contributed by atoms with E-state index in [-0.39, 0.29) is 12.0 Å². The van der Waals surface area contributed by atoms with Crippen LogP contribution < -0.4 is 5.32 Å². The van der Waals surface area contributed by atoms with Crippen LogP contribution in [0.4, 0.5) is 0 Å². The SMILES string of the molecule is Cc1cccc(-c2[nH]cnc2-c2ccc3ncc(-c4ccc(C(=O)OC[C@@H]5CCCCN5)cn4)cc3c2)n1. The summed E-state index contributed by atoms with van der Waals surface area (Å²) in [7, 11) is 0. The molecule has 8 heteroatoms. The smallest absolute Gasteiger partial charge is 0.339 e. The normalized spacial score (nSPS) is 15.4. The molecular weight excluding hydrogens is 476 g/mol. The molecule has 38 heavy (non-hydrogen) atoms. The number of piperidine rings is 1. The van der Waals surface area contributed by atoms with Gasteiger partial charge in [-0.2, -0.15) is 0 Å². The van der Waals surface area contributed by atoms with Crippen molar-refractivity contribution in [1.82, 2.24) is 30.2 Å². The topological polar surface area (TPSA) is 106 Å². The Labute approximate surface area is 220 Å². The third-order valence-corrected chi connectivity index (χ3v) is 6.86. The molecule has 4 aromatic heterocycles. The fourth-order valence-corrected chi connectivity index (χ4v) is 4.82. The maximum Gasteiger partial charge on any atom is 0.339 e. The van der Waals surface area contributed by atoms with Crippen molar-refractivity contribution in [1.29, 1.82) is 0 Å². The minimum atomic E-state index is -0.351. The second-order valence-corrected chi connectivity index (χ2v) is 9.60. The second-order valence-electron chi connectivity index (χ2n) is 9.60. The molecule has 6 rings (SSSR count). The van der Waals surface area contributed by atoms with Crippen molar-refractivity contribution in [2.75, 3.05) is 13.2 Å². The van der Waals surface area contributed by atoms with Gasteiger partial charge in [-0.05, 0) is 68.8 Å². The van der Waals surface area contributed by atoms with Crippen LogP contribution in [0.25, 0.3) is 44.8 Å². The molecule has 190 valence electrons. The van der Waals surface area contributed by atoms with Crippen LogP contribution in [-0.4, -0.2) is 50.1 Å². The summed E-state index contributed by atoms with van der Waals surface area (Å²) in [5, 5.41) is 4.36. The summed E-state index contributed by atoms with van der Waals surface area (Å²) in [6, 6.07) is 17.9. The van der Waals surface area contributed by atoms with Gasteiger partial charge in [-0.15, -0.1) is 0 Å². The Morgan fingerprint density at radius 3 is 2.71 bits per heavy atom. The molecule has 1 saturated heterocycles. The first-order valence-corrected chi connectivity index (χ1v) is 12.9. The Bertz CT molecular complexity index is 1590. The van der Waals surface area contributed by atoms with Gasteiger partial charge in [-0.1, -0.05) is 18.6 Å². The highest BCUT2D eigenvalue weighted by molar-refractivity contribution is 5.91. The fraction of sp³-hybridized carbons (Fsp3) is 0.233. The molecule has 0 bridgehead atoms. The number of ether oxygens (including phenoxy) is 1. The van der Waals surface area contributed by atoms with Gasteiger partial charge in [-0.3, -0.25) is 15.0 Å². The first-order valence-electron chi connectivity index (χ1n) is 12.9. The lowest BCUT2D eigenvalue weighted by Gasteiger charge is -2.22. The average Bonchev–Trinajstić information content (AvgIpc) is 3.46. The van der Waals surface area contributed by atoms with Crippen molar-refractivity contribution in [2.24, 2.45) is 0 Å². The number of esters is 1. The second kappa shape index (κ2) is 10.5. The third-order valence-electron chi connectivity index (χ3n) is 6.86. The highest BCUT2D eigenvalue weighted by atomic mass is 16.5. The van der Waals surface area contributed by atoms with Gasteiger partial charge in [0.15, 0.2) is 0 Å². The summed E-state index contributed by atoms with van der Waals surface area (Å²) >= 11 is 0. The molecule has 2 N–H and O–H groups in total. The largest absolute Gasteiger partial charge is 0.460 e. The number of benzene rings is 1. The quantitative estimate of drug-likeness (QED) is 0.300. The number of carbonyl (C=O) groups excluding carboxylic acids is 1. The predicted molar refractivity (Wildman–Crippen MR) is 146 cm³/mol. The molecule has 8 nitrogen and oxygen atoms in total. The molecule has 1 fully saturated rings. The number of aryl methyl sites for hydroxylation is 1. The van der Waals surface area contributed by atoms with Crippen molar-refractivity contribution in [3.05, 3.63) is 84.6 Å². The standard InChI is InChI=1S/C30H28N6O2/c1-19-5-4-7-27(36-19)29-28(34-18-35-29)20-8-10-25-22(13-20)14-23(16-33-25)26-11-9-21(15-32-26)30(37)38-17-24-6-2-3-12-31-24/h4-5,7-11,13-16,18,24,31H,2-3,6,12,17H2,1H3,(H,34,35)/t24-/m0/s1. The minimum absolute atomic E-state index is 0.235. The van der Waals surface area contributed by atoms with E-state index in [1.54, 1.807) is 24.8 Å². The molecule has 5 heterocycles. The van der Waals surface area contributed by atoms with Gasteiger partial charge >= 0.3 is 5.97 Å². The van der Waals surface area contributed by atoms with E-state index in [9.17, 15) is 4.79 Å². The Kier molecular flexibility index (Phi) is 6.62. The molecule has 0 amide bonds. The molecule has 0 spiro atoms. The lowest BCUT2D eigenvalue weighted by molar-refractivity contribution is 0.0451. The van der Waals surface area contributed by atoms with Gasteiger partial charge in [0.1, 0.15) is 6.61 Å². The summed E-state index contributed by atoms with van der Waals surface area (Å²) in [5.74, 6) is -0.351.